The van der Waals surface area contributed by atoms with Gasteiger partial charge in [0.05, 0.1) is 12.2 Å². The summed E-state index contributed by atoms with van der Waals surface area (Å²) in [5.41, 5.74) is -0.102. The van der Waals surface area contributed by atoms with Crippen molar-refractivity contribution >= 4 is 0 Å². The van der Waals surface area contributed by atoms with E-state index in [0.29, 0.717) is 5.92 Å². The number of ether oxygens (including phenoxy) is 1. The molecule has 0 unspecified atom stereocenters. The Hall–Kier alpha value is -0.0800. The molecule has 0 spiro atoms. The quantitative estimate of drug-likeness (QED) is 0.709. The Morgan fingerprint density at radius 2 is 1.92 bits per heavy atom. The summed E-state index contributed by atoms with van der Waals surface area (Å²) in [4.78, 5) is 0. The molecule has 2 heteroatoms. The highest BCUT2D eigenvalue weighted by Gasteiger charge is 2.63. The maximum atomic E-state index is 9.55. The van der Waals surface area contributed by atoms with Crippen molar-refractivity contribution < 1.29 is 9.84 Å². The zero-order chi connectivity index (χ0) is 9.69. The number of fused-ring (bicyclic) bond motifs is 2. The minimum Gasteiger partial charge on any atom is -0.393 e. The first-order valence-corrected chi connectivity index (χ1v) is 5.24. The van der Waals surface area contributed by atoms with Crippen LogP contribution in [0.2, 0.25) is 0 Å². The first-order valence-electron chi connectivity index (χ1n) is 5.24. The summed E-state index contributed by atoms with van der Waals surface area (Å²) in [6.07, 6.45) is 3.81. The Labute approximate surface area is 80.3 Å². The lowest BCUT2D eigenvalue weighted by Crippen LogP contribution is -2.53. The normalized spacial score (nSPS) is 47.1. The van der Waals surface area contributed by atoms with E-state index in [2.05, 4.69) is 13.8 Å². The smallest absolute Gasteiger partial charge is 0.0989 e. The fourth-order valence-electron chi connectivity index (χ4n) is 3.76. The molecule has 76 valence electrons. The molecule has 0 aromatic heterocycles. The van der Waals surface area contributed by atoms with Crippen LogP contribution in [0.4, 0.5) is 0 Å². The van der Waals surface area contributed by atoms with Crippen molar-refractivity contribution in [1.82, 2.24) is 0 Å². The third-order valence-electron chi connectivity index (χ3n) is 4.80. The number of rotatable bonds is 2. The van der Waals surface area contributed by atoms with Crippen molar-refractivity contribution in [3.8, 4) is 0 Å². The van der Waals surface area contributed by atoms with Crippen molar-refractivity contribution in [1.29, 1.82) is 0 Å². The summed E-state index contributed by atoms with van der Waals surface area (Å²) in [5.74, 6) is 1.34. The fourth-order valence-corrected chi connectivity index (χ4v) is 3.76. The van der Waals surface area contributed by atoms with Gasteiger partial charge >= 0.3 is 0 Å². The molecule has 0 aliphatic heterocycles. The van der Waals surface area contributed by atoms with Crippen molar-refractivity contribution in [2.75, 3.05) is 13.7 Å². The van der Waals surface area contributed by atoms with E-state index in [9.17, 15) is 5.11 Å². The Balaban J connectivity index is 2.36. The highest BCUT2D eigenvalue weighted by atomic mass is 16.5. The fraction of sp³-hybridized carbons (Fsp3) is 1.00. The van der Waals surface area contributed by atoms with E-state index in [1.54, 1.807) is 7.11 Å². The molecule has 0 aromatic carbocycles. The van der Waals surface area contributed by atoms with E-state index >= 15 is 0 Å². The molecule has 2 bridgehead atoms. The maximum Gasteiger partial charge on any atom is 0.0989 e. The van der Waals surface area contributed by atoms with Gasteiger partial charge in [0.2, 0.25) is 0 Å². The van der Waals surface area contributed by atoms with Gasteiger partial charge in [0.1, 0.15) is 0 Å². The van der Waals surface area contributed by atoms with Crippen molar-refractivity contribution in [3.05, 3.63) is 0 Å². The highest BCUT2D eigenvalue weighted by molar-refractivity contribution is 5.12. The van der Waals surface area contributed by atoms with Crippen molar-refractivity contribution in [2.24, 2.45) is 17.3 Å². The second-order valence-electron chi connectivity index (χ2n) is 5.18. The Kier molecular flexibility index (Phi) is 1.97. The van der Waals surface area contributed by atoms with Crippen LogP contribution in [0.1, 0.15) is 33.1 Å². The third-order valence-corrected chi connectivity index (χ3v) is 4.80. The predicted octanol–water partition coefficient (Wildman–Crippen LogP) is 1.82. The van der Waals surface area contributed by atoms with Crippen LogP contribution in [0.15, 0.2) is 0 Å². The minimum absolute atomic E-state index is 0.152. The van der Waals surface area contributed by atoms with Gasteiger partial charge in [-0.2, -0.15) is 0 Å². The summed E-state index contributed by atoms with van der Waals surface area (Å²) in [7, 11) is 1.75. The van der Waals surface area contributed by atoms with Gasteiger partial charge in [-0.3, -0.25) is 0 Å². The van der Waals surface area contributed by atoms with Crippen molar-refractivity contribution in [3.63, 3.8) is 0 Å². The molecule has 2 fully saturated rings. The first kappa shape index (κ1) is 9.47. The molecule has 3 atom stereocenters. The highest BCUT2D eigenvalue weighted by Crippen LogP contribution is 2.62. The van der Waals surface area contributed by atoms with Crippen LogP contribution >= 0.6 is 0 Å². The van der Waals surface area contributed by atoms with Gasteiger partial charge in [0, 0.05) is 7.11 Å². The SMILES string of the molecule is CO[C@@]1(CO)[C@@H]2CC[C@@H](C2)C1(C)C. The lowest BCUT2D eigenvalue weighted by atomic mass is 9.65. The number of methoxy groups -OCH3 is 1. The molecule has 0 saturated heterocycles. The first-order chi connectivity index (χ1) is 6.08. The molecule has 0 radical (unpaired) electrons. The van der Waals surface area contributed by atoms with Crippen LogP contribution in [0, 0.1) is 17.3 Å². The molecule has 2 aliphatic rings. The number of aliphatic hydroxyl groups excluding tert-OH is 1. The molecule has 0 amide bonds. The molecular formula is C11H20O2. The van der Waals surface area contributed by atoms with Crippen LogP contribution in [0.5, 0.6) is 0 Å². The lowest BCUT2D eigenvalue weighted by Gasteiger charge is -2.47. The van der Waals surface area contributed by atoms with Crippen LogP contribution in [-0.2, 0) is 4.74 Å². The van der Waals surface area contributed by atoms with E-state index in [1.165, 1.54) is 19.3 Å². The molecule has 2 nitrogen and oxygen atoms in total. The average Bonchev–Trinajstić information content (AvgIpc) is 2.62. The number of hydrogen-bond acceptors (Lipinski definition) is 2. The molecule has 2 aliphatic carbocycles. The monoisotopic (exact) mass is 184 g/mol. The second kappa shape index (κ2) is 2.71. The summed E-state index contributed by atoms with van der Waals surface area (Å²) >= 11 is 0. The third kappa shape index (κ3) is 0.909. The van der Waals surface area contributed by atoms with Gasteiger partial charge < -0.3 is 9.84 Å². The minimum atomic E-state index is -0.254. The molecular weight excluding hydrogens is 164 g/mol. The Morgan fingerprint density at radius 3 is 2.23 bits per heavy atom. The molecule has 1 N–H and O–H groups in total. The molecule has 0 aromatic rings. The van der Waals surface area contributed by atoms with Crippen LogP contribution < -0.4 is 0 Å². The largest absolute Gasteiger partial charge is 0.393 e. The number of hydrogen-bond donors (Lipinski definition) is 1. The average molecular weight is 184 g/mol. The molecule has 13 heavy (non-hydrogen) atoms. The zero-order valence-corrected chi connectivity index (χ0v) is 8.84. The van der Waals surface area contributed by atoms with Gasteiger partial charge in [-0.15, -0.1) is 0 Å². The summed E-state index contributed by atoms with van der Waals surface area (Å²) in [5, 5.41) is 9.55. The lowest BCUT2D eigenvalue weighted by molar-refractivity contribution is -0.158. The van der Waals surface area contributed by atoms with E-state index in [4.69, 9.17) is 4.74 Å². The molecule has 2 saturated carbocycles. The standard InChI is InChI=1S/C11H20O2/c1-10(2)8-4-5-9(6-8)11(10,7-12)13-3/h8-9,12H,4-7H2,1-3H3/t8-,9+,11-/m0/s1. The molecule has 2 rings (SSSR count). The maximum absolute atomic E-state index is 9.55. The van der Waals surface area contributed by atoms with Gasteiger partial charge in [-0.25, -0.2) is 0 Å². The predicted molar refractivity (Wildman–Crippen MR) is 51.4 cm³/mol. The van der Waals surface area contributed by atoms with Crippen LogP contribution in [0.25, 0.3) is 0 Å². The second-order valence-corrected chi connectivity index (χ2v) is 5.18. The Bertz CT molecular complexity index is 206. The van der Waals surface area contributed by atoms with Gasteiger partial charge in [-0.05, 0) is 36.5 Å². The van der Waals surface area contributed by atoms with E-state index in [1.807, 2.05) is 0 Å². The number of aliphatic hydroxyl groups is 1. The van der Waals surface area contributed by atoms with Gasteiger partial charge in [-0.1, -0.05) is 13.8 Å². The van der Waals surface area contributed by atoms with E-state index in [0.717, 1.165) is 5.92 Å². The summed E-state index contributed by atoms with van der Waals surface area (Å²) < 4.78 is 5.65. The van der Waals surface area contributed by atoms with Crippen LogP contribution in [0.3, 0.4) is 0 Å². The van der Waals surface area contributed by atoms with Crippen LogP contribution in [-0.4, -0.2) is 24.4 Å². The Morgan fingerprint density at radius 1 is 1.31 bits per heavy atom. The van der Waals surface area contributed by atoms with E-state index < -0.39 is 0 Å². The van der Waals surface area contributed by atoms with Gasteiger partial charge in [0.15, 0.2) is 0 Å². The summed E-state index contributed by atoms with van der Waals surface area (Å²) in [6, 6.07) is 0. The van der Waals surface area contributed by atoms with Gasteiger partial charge in [0.25, 0.3) is 0 Å². The van der Waals surface area contributed by atoms with E-state index in [-0.39, 0.29) is 17.6 Å². The molecule has 0 heterocycles. The van der Waals surface area contributed by atoms with Crippen molar-refractivity contribution in [2.45, 2.75) is 38.7 Å². The topological polar surface area (TPSA) is 29.5 Å². The zero-order valence-electron chi connectivity index (χ0n) is 8.84. The summed E-state index contributed by atoms with van der Waals surface area (Å²) in [6.45, 7) is 4.67.